The molecule has 9 heavy (non-hydrogen) atoms. The van der Waals surface area contributed by atoms with E-state index in [1.807, 2.05) is 13.9 Å². The summed E-state index contributed by atoms with van der Waals surface area (Å²) >= 11 is 8.20. The van der Waals surface area contributed by atoms with Gasteiger partial charge < -0.3 is 0 Å². The third-order valence-corrected chi connectivity index (χ3v) is 1.75. The highest BCUT2D eigenvalue weighted by atomic mass is 32.1. The molecule has 0 aliphatic rings. The van der Waals surface area contributed by atoms with Gasteiger partial charge in [0.15, 0.2) is 0 Å². The molecule has 0 spiro atoms. The molecule has 0 aliphatic carbocycles. The first-order valence-electron chi connectivity index (χ1n) is 2.55. The number of rotatable bonds is 0. The summed E-state index contributed by atoms with van der Waals surface area (Å²) < 4.78 is 0. The monoisotopic (exact) mass is 155 g/mol. The van der Waals surface area contributed by atoms with Crippen LogP contribution in [0.2, 0.25) is 0 Å². The minimum atomic E-state index is 0.771. The molecule has 0 N–H and O–H groups in total. The second-order valence-corrected chi connectivity index (χ2v) is 2.77. The first kappa shape index (κ1) is 7.03. The van der Waals surface area contributed by atoms with Crippen molar-refractivity contribution in [1.82, 2.24) is 4.98 Å². The van der Waals surface area contributed by atoms with Crippen molar-refractivity contribution in [3.8, 4) is 0 Å². The van der Waals surface area contributed by atoms with Gasteiger partial charge >= 0.3 is 0 Å². The largest absolute Gasteiger partial charge is 0.250 e. The fourth-order valence-electron chi connectivity index (χ4n) is 0.553. The van der Waals surface area contributed by atoms with Crippen LogP contribution in [-0.2, 0) is 0 Å². The third kappa shape index (κ3) is 1.66. The zero-order chi connectivity index (χ0) is 6.85. The Morgan fingerprint density at radius 3 is 2.56 bits per heavy atom. The van der Waals surface area contributed by atoms with Crippen LogP contribution in [0.25, 0.3) is 0 Å². The van der Waals surface area contributed by atoms with E-state index in [9.17, 15) is 0 Å². The Hall–Kier alpha value is -0.0851. The minimum absolute atomic E-state index is 0.771. The molecule has 1 heterocycles. The van der Waals surface area contributed by atoms with Crippen molar-refractivity contribution in [2.75, 3.05) is 0 Å². The van der Waals surface area contributed by atoms with Gasteiger partial charge in [-0.2, -0.15) is 0 Å². The Kier molecular flexibility index (Phi) is 2.08. The smallest absolute Gasteiger partial charge is 0.142 e. The molecule has 0 aromatic carbocycles. The van der Waals surface area contributed by atoms with Gasteiger partial charge in [0.05, 0.1) is 5.03 Å². The summed E-state index contributed by atoms with van der Waals surface area (Å²) in [5, 5.41) is 0.771. The number of hydrogen-bond donors (Lipinski definition) is 2. The Bertz CT molecular complexity index is 226. The van der Waals surface area contributed by atoms with Gasteiger partial charge in [0.2, 0.25) is 0 Å². The Balaban J connectivity index is 3.17. The van der Waals surface area contributed by atoms with Crippen molar-refractivity contribution in [1.29, 1.82) is 0 Å². The Labute approximate surface area is 66.1 Å². The van der Waals surface area contributed by atoms with E-state index in [2.05, 4.69) is 30.2 Å². The van der Waals surface area contributed by atoms with Crippen LogP contribution >= 0.6 is 25.3 Å². The number of nitrogens with zero attached hydrogens (tertiary/aromatic N) is 1. The SMILES string of the molecule is Bc1cc(S)cnc1S. The summed E-state index contributed by atoms with van der Waals surface area (Å²) in [6.07, 6.45) is 1.68. The lowest BCUT2D eigenvalue weighted by Crippen LogP contribution is -2.05. The highest BCUT2D eigenvalue weighted by Crippen LogP contribution is 2.02. The zero-order valence-electron chi connectivity index (χ0n) is 5.00. The second-order valence-electron chi connectivity index (χ2n) is 1.83. The van der Waals surface area contributed by atoms with Crippen molar-refractivity contribution < 1.29 is 0 Å². The van der Waals surface area contributed by atoms with E-state index < -0.39 is 0 Å². The Morgan fingerprint density at radius 2 is 2.11 bits per heavy atom. The van der Waals surface area contributed by atoms with Crippen molar-refractivity contribution >= 4 is 38.6 Å². The molecule has 0 atom stereocenters. The van der Waals surface area contributed by atoms with Crippen LogP contribution < -0.4 is 5.46 Å². The quantitative estimate of drug-likeness (QED) is 0.394. The van der Waals surface area contributed by atoms with Crippen LogP contribution in [0, 0.1) is 0 Å². The normalized spacial score (nSPS) is 9.56. The first-order chi connectivity index (χ1) is 4.20. The maximum atomic E-state index is 4.10. The summed E-state index contributed by atoms with van der Waals surface area (Å²) in [6, 6.07) is 1.93. The summed E-state index contributed by atoms with van der Waals surface area (Å²) in [6.45, 7) is 0. The lowest BCUT2D eigenvalue weighted by molar-refractivity contribution is 1.12. The van der Waals surface area contributed by atoms with Crippen molar-refractivity contribution in [2.45, 2.75) is 9.92 Å². The van der Waals surface area contributed by atoms with Crippen molar-refractivity contribution in [2.24, 2.45) is 0 Å². The molecule has 4 heteroatoms. The molecular formula is C5H6BNS2. The summed E-state index contributed by atoms with van der Waals surface area (Å²) in [7, 11) is 1.95. The van der Waals surface area contributed by atoms with Crippen LogP contribution in [0.5, 0.6) is 0 Å². The van der Waals surface area contributed by atoms with E-state index in [0.717, 1.165) is 15.4 Å². The van der Waals surface area contributed by atoms with E-state index in [1.165, 1.54) is 0 Å². The van der Waals surface area contributed by atoms with Crippen LogP contribution in [0.15, 0.2) is 22.2 Å². The number of pyridine rings is 1. The van der Waals surface area contributed by atoms with Gasteiger partial charge in [0, 0.05) is 11.1 Å². The van der Waals surface area contributed by atoms with Gasteiger partial charge in [0.1, 0.15) is 7.85 Å². The van der Waals surface area contributed by atoms with Gasteiger partial charge in [-0.05, 0) is 0 Å². The molecule has 0 fully saturated rings. The van der Waals surface area contributed by atoms with Gasteiger partial charge in [-0.25, -0.2) is 4.98 Å². The predicted molar refractivity (Wildman–Crippen MR) is 46.9 cm³/mol. The lowest BCUT2D eigenvalue weighted by Gasteiger charge is -1.96. The number of thiol groups is 2. The molecule has 1 nitrogen and oxygen atoms in total. The van der Waals surface area contributed by atoms with Crippen LogP contribution in [-0.4, -0.2) is 12.8 Å². The molecule has 0 unspecified atom stereocenters. The molecule has 0 saturated heterocycles. The van der Waals surface area contributed by atoms with Gasteiger partial charge in [0.25, 0.3) is 0 Å². The molecule has 0 saturated carbocycles. The third-order valence-electron chi connectivity index (χ3n) is 1.04. The minimum Gasteiger partial charge on any atom is -0.250 e. The highest BCUT2D eigenvalue weighted by molar-refractivity contribution is 7.80. The highest BCUT2D eigenvalue weighted by Gasteiger charge is 1.92. The topological polar surface area (TPSA) is 12.9 Å². The maximum Gasteiger partial charge on any atom is 0.142 e. The molecule has 0 amide bonds. The summed E-state index contributed by atoms with van der Waals surface area (Å²) in [5.74, 6) is 0. The van der Waals surface area contributed by atoms with E-state index in [1.54, 1.807) is 6.20 Å². The predicted octanol–water partition coefficient (Wildman–Crippen LogP) is -0.0826. The van der Waals surface area contributed by atoms with Crippen LogP contribution in [0.3, 0.4) is 0 Å². The Morgan fingerprint density at radius 1 is 1.44 bits per heavy atom. The van der Waals surface area contributed by atoms with Gasteiger partial charge in [-0.3, -0.25) is 0 Å². The van der Waals surface area contributed by atoms with E-state index in [0.29, 0.717) is 0 Å². The molecular weight excluding hydrogens is 149 g/mol. The average molecular weight is 155 g/mol. The van der Waals surface area contributed by atoms with E-state index in [4.69, 9.17) is 0 Å². The fraction of sp³-hybridized carbons (Fsp3) is 0. The summed E-state index contributed by atoms with van der Waals surface area (Å²) in [5.41, 5.74) is 1.06. The molecule has 0 aliphatic heterocycles. The molecule has 0 radical (unpaired) electrons. The standard InChI is InChI=1S/C5H6BNS2/c6-4-1-3(8)2-7-5(4)9/h1-2,8H,6H2,(H,7,9). The molecule has 46 valence electrons. The average Bonchev–Trinajstić information content (AvgIpc) is 1.80. The van der Waals surface area contributed by atoms with Crippen LogP contribution in [0.1, 0.15) is 0 Å². The zero-order valence-corrected chi connectivity index (χ0v) is 6.79. The molecule has 0 bridgehead atoms. The van der Waals surface area contributed by atoms with Gasteiger partial charge in [-0.1, -0.05) is 11.5 Å². The number of hydrogen-bond acceptors (Lipinski definition) is 3. The van der Waals surface area contributed by atoms with Crippen molar-refractivity contribution in [3.05, 3.63) is 12.3 Å². The summed E-state index contributed by atoms with van der Waals surface area (Å²) in [4.78, 5) is 4.85. The second kappa shape index (κ2) is 2.67. The lowest BCUT2D eigenvalue weighted by atomic mass is 9.99. The van der Waals surface area contributed by atoms with Crippen LogP contribution in [0.4, 0.5) is 0 Å². The maximum absolute atomic E-state index is 4.10. The van der Waals surface area contributed by atoms with Gasteiger partial charge in [-0.15, -0.1) is 25.3 Å². The molecule has 1 aromatic heterocycles. The van der Waals surface area contributed by atoms with E-state index >= 15 is 0 Å². The first-order valence-corrected chi connectivity index (χ1v) is 3.44. The number of aromatic nitrogens is 1. The fourth-order valence-corrected chi connectivity index (χ4v) is 0.926. The van der Waals surface area contributed by atoms with E-state index in [-0.39, 0.29) is 0 Å². The molecule has 1 rings (SSSR count). The molecule has 1 aromatic rings. The van der Waals surface area contributed by atoms with Crippen molar-refractivity contribution in [3.63, 3.8) is 0 Å².